The molecule has 0 aliphatic carbocycles. The summed E-state index contributed by atoms with van der Waals surface area (Å²) < 4.78 is 7.94. The molecule has 9 heteroatoms. The SMILES string of the molecule is CCOC(=O)C1=C(C)N=c2s/c(=C/c3ccccc3C(=O)O)c(=O)n2C1c1ccc(Br)cc1. The number of halogens is 1. The number of aromatic nitrogens is 1. The van der Waals surface area contributed by atoms with Gasteiger partial charge in [0, 0.05) is 4.47 Å². The molecule has 0 bridgehead atoms. The number of ether oxygens (including phenoxy) is 1. The molecule has 0 spiro atoms. The zero-order chi connectivity index (χ0) is 23.7. The molecule has 0 amide bonds. The van der Waals surface area contributed by atoms with Gasteiger partial charge in [0.15, 0.2) is 4.80 Å². The number of carboxylic acids is 1. The number of carboxylic acid groups (broad SMARTS) is 1. The second-order valence-corrected chi connectivity index (χ2v) is 9.17. The van der Waals surface area contributed by atoms with Crippen LogP contribution in [0.4, 0.5) is 0 Å². The lowest BCUT2D eigenvalue weighted by atomic mass is 9.96. The van der Waals surface area contributed by atoms with Crippen LogP contribution in [0.25, 0.3) is 6.08 Å². The van der Waals surface area contributed by atoms with Crippen LogP contribution in [0.2, 0.25) is 0 Å². The Kier molecular flexibility index (Phi) is 6.44. The average Bonchev–Trinajstić information content (AvgIpc) is 3.08. The maximum absolute atomic E-state index is 13.5. The molecule has 0 saturated heterocycles. The van der Waals surface area contributed by atoms with Gasteiger partial charge in [-0.2, -0.15) is 0 Å². The lowest BCUT2D eigenvalue weighted by Crippen LogP contribution is -2.39. The quantitative estimate of drug-likeness (QED) is 0.514. The normalized spacial score (nSPS) is 15.7. The van der Waals surface area contributed by atoms with Crippen LogP contribution in [0.15, 0.2) is 74.1 Å². The Morgan fingerprint density at radius 1 is 1.21 bits per heavy atom. The molecule has 2 aromatic carbocycles. The first-order valence-corrected chi connectivity index (χ1v) is 11.7. The summed E-state index contributed by atoms with van der Waals surface area (Å²) in [5, 5.41) is 9.49. The third-order valence-corrected chi connectivity index (χ3v) is 6.69. The summed E-state index contributed by atoms with van der Waals surface area (Å²) in [7, 11) is 0. The molecular weight excluding hydrogens is 508 g/mol. The molecule has 3 aromatic rings. The number of thiazole rings is 1. The fourth-order valence-corrected chi connectivity index (χ4v) is 5.01. The van der Waals surface area contributed by atoms with Gasteiger partial charge in [-0.15, -0.1) is 0 Å². The number of fused-ring (bicyclic) bond motifs is 1. The maximum Gasteiger partial charge on any atom is 0.338 e. The number of hydrogen-bond donors (Lipinski definition) is 1. The number of carbonyl (C=O) groups is 2. The Labute approximate surface area is 201 Å². The van der Waals surface area contributed by atoms with Crippen LogP contribution in [0.3, 0.4) is 0 Å². The summed E-state index contributed by atoms with van der Waals surface area (Å²) in [6, 6.07) is 13.1. The molecule has 2 heterocycles. The molecular formula is C24H19BrN2O5S. The van der Waals surface area contributed by atoms with Crippen molar-refractivity contribution in [2.24, 2.45) is 4.99 Å². The van der Waals surface area contributed by atoms with Gasteiger partial charge in [-0.25, -0.2) is 14.6 Å². The highest BCUT2D eigenvalue weighted by molar-refractivity contribution is 9.10. The smallest absolute Gasteiger partial charge is 0.338 e. The van der Waals surface area contributed by atoms with Crippen molar-refractivity contribution >= 4 is 45.3 Å². The first-order valence-electron chi connectivity index (χ1n) is 10.1. The fraction of sp³-hybridized carbons (Fsp3) is 0.167. The number of carbonyl (C=O) groups excluding carboxylic acids is 1. The van der Waals surface area contributed by atoms with E-state index in [-0.39, 0.29) is 17.7 Å². The average molecular weight is 527 g/mol. The number of hydrogen-bond acceptors (Lipinski definition) is 6. The third-order valence-electron chi connectivity index (χ3n) is 5.18. The lowest BCUT2D eigenvalue weighted by molar-refractivity contribution is -0.139. The van der Waals surface area contributed by atoms with Gasteiger partial charge in [0.25, 0.3) is 5.56 Å². The van der Waals surface area contributed by atoms with E-state index in [1.165, 1.54) is 10.6 Å². The van der Waals surface area contributed by atoms with Gasteiger partial charge < -0.3 is 9.84 Å². The number of rotatable bonds is 5. The molecule has 1 aliphatic heterocycles. The molecule has 4 rings (SSSR count). The second kappa shape index (κ2) is 9.29. The molecule has 1 aliphatic rings. The summed E-state index contributed by atoms with van der Waals surface area (Å²) in [5.74, 6) is -1.61. The fourth-order valence-electron chi connectivity index (χ4n) is 3.71. The van der Waals surface area contributed by atoms with Crippen LogP contribution in [-0.4, -0.2) is 28.2 Å². The molecule has 33 heavy (non-hydrogen) atoms. The van der Waals surface area contributed by atoms with Gasteiger partial charge in [0.2, 0.25) is 0 Å². The van der Waals surface area contributed by atoms with Crippen LogP contribution in [-0.2, 0) is 9.53 Å². The Morgan fingerprint density at radius 3 is 2.58 bits per heavy atom. The predicted octanol–water partition coefficient (Wildman–Crippen LogP) is 3.26. The van der Waals surface area contributed by atoms with E-state index in [9.17, 15) is 19.5 Å². The number of nitrogens with zero attached hydrogens (tertiary/aromatic N) is 2. The van der Waals surface area contributed by atoms with E-state index in [2.05, 4.69) is 20.9 Å². The van der Waals surface area contributed by atoms with Gasteiger partial charge in [-0.1, -0.05) is 57.6 Å². The van der Waals surface area contributed by atoms with E-state index in [4.69, 9.17) is 4.74 Å². The Morgan fingerprint density at radius 2 is 1.91 bits per heavy atom. The largest absolute Gasteiger partial charge is 0.478 e. The highest BCUT2D eigenvalue weighted by Gasteiger charge is 2.33. The number of esters is 1. The zero-order valence-electron chi connectivity index (χ0n) is 17.7. The highest BCUT2D eigenvalue weighted by Crippen LogP contribution is 2.31. The molecule has 0 radical (unpaired) electrons. The number of benzene rings is 2. The minimum atomic E-state index is -1.08. The van der Waals surface area contributed by atoms with Gasteiger partial charge in [-0.3, -0.25) is 9.36 Å². The minimum absolute atomic E-state index is 0.0937. The van der Waals surface area contributed by atoms with Crippen molar-refractivity contribution in [1.82, 2.24) is 4.57 Å². The van der Waals surface area contributed by atoms with Crippen LogP contribution >= 0.6 is 27.3 Å². The van der Waals surface area contributed by atoms with E-state index in [0.717, 1.165) is 21.4 Å². The summed E-state index contributed by atoms with van der Waals surface area (Å²) >= 11 is 4.56. The van der Waals surface area contributed by atoms with E-state index in [0.29, 0.717) is 26.2 Å². The molecule has 168 valence electrons. The van der Waals surface area contributed by atoms with Crippen molar-refractivity contribution in [3.05, 3.63) is 101 Å². The predicted molar refractivity (Wildman–Crippen MR) is 128 cm³/mol. The highest BCUT2D eigenvalue weighted by atomic mass is 79.9. The van der Waals surface area contributed by atoms with Crippen molar-refractivity contribution in [2.75, 3.05) is 6.61 Å². The standard InChI is InChI=1S/C24H19BrN2O5S/c1-3-32-23(31)19-13(2)26-24-27(20(19)14-8-10-16(25)11-9-14)21(28)18(33-24)12-15-6-4-5-7-17(15)22(29)30/h4-12,20H,3H2,1-2H3,(H,29,30)/b18-12+. The molecule has 1 atom stereocenters. The van der Waals surface area contributed by atoms with Crippen LogP contribution in [0.5, 0.6) is 0 Å². The van der Waals surface area contributed by atoms with Crippen molar-refractivity contribution in [2.45, 2.75) is 19.9 Å². The zero-order valence-corrected chi connectivity index (χ0v) is 20.1. The summed E-state index contributed by atoms with van der Waals surface area (Å²) in [4.78, 5) is 42.9. The topological polar surface area (TPSA) is 98.0 Å². The molecule has 0 saturated carbocycles. The Bertz CT molecular complexity index is 1470. The van der Waals surface area contributed by atoms with Crippen molar-refractivity contribution in [3.63, 3.8) is 0 Å². The molecule has 0 fully saturated rings. The molecule has 1 aromatic heterocycles. The van der Waals surface area contributed by atoms with Gasteiger partial charge in [-0.05, 0) is 49.2 Å². The monoisotopic (exact) mass is 526 g/mol. The van der Waals surface area contributed by atoms with Crippen LogP contribution in [0.1, 0.15) is 41.4 Å². The Hall–Kier alpha value is -3.30. The summed E-state index contributed by atoms with van der Waals surface area (Å²) in [6.07, 6.45) is 1.55. The van der Waals surface area contributed by atoms with E-state index < -0.39 is 18.0 Å². The third kappa shape index (κ3) is 4.34. The van der Waals surface area contributed by atoms with Gasteiger partial charge in [0.1, 0.15) is 0 Å². The van der Waals surface area contributed by atoms with E-state index in [1.54, 1.807) is 38.1 Å². The first kappa shape index (κ1) is 22.9. The van der Waals surface area contributed by atoms with E-state index in [1.807, 2.05) is 24.3 Å². The van der Waals surface area contributed by atoms with Gasteiger partial charge >= 0.3 is 11.9 Å². The van der Waals surface area contributed by atoms with Crippen LogP contribution in [0, 0.1) is 0 Å². The minimum Gasteiger partial charge on any atom is -0.478 e. The molecule has 7 nitrogen and oxygen atoms in total. The van der Waals surface area contributed by atoms with E-state index >= 15 is 0 Å². The first-order chi connectivity index (χ1) is 15.8. The van der Waals surface area contributed by atoms with Gasteiger partial charge in [0.05, 0.1) is 34.0 Å². The maximum atomic E-state index is 13.5. The summed E-state index contributed by atoms with van der Waals surface area (Å²) in [6.45, 7) is 3.63. The molecule has 1 N–H and O–H groups in total. The van der Waals surface area contributed by atoms with Crippen molar-refractivity contribution in [1.29, 1.82) is 0 Å². The number of allylic oxidation sites excluding steroid dienone is 1. The number of aromatic carboxylic acids is 1. The summed E-state index contributed by atoms with van der Waals surface area (Å²) in [5.41, 5.74) is 1.65. The molecule has 1 unspecified atom stereocenters. The second-order valence-electron chi connectivity index (χ2n) is 7.25. The lowest BCUT2D eigenvalue weighted by Gasteiger charge is -2.24. The van der Waals surface area contributed by atoms with Crippen LogP contribution < -0.4 is 14.9 Å². The van der Waals surface area contributed by atoms with Crippen molar-refractivity contribution in [3.8, 4) is 0 Å². The Balaban J connectivity index is 1.98. The van der Waals surface area contributed by atoms with Crippen molar-refractivity contribution < 1.29 is 19.4 Å².